The first-order chi connectivity index (χ1) is 8.95. The van der Waals surface area contributed by atoms with E-state index in [2.05, 4.69) is 5.10 Å². The molecule has 0 aliphatic rings. The Morgan fingerprint density at radius 2 is 2.16 bits per heavy atom. The predicted octanol–water partition coefficient (Wildman–Crippen LogP) is 2.15. The van der Waals surface area contributed by atoms with E-state index in [1.54, 1.807) is 7.05 Å². The number of aromatic hydroxyl groups is 1. The highest BCUT2D eigenvalue weighted by Gasteiger charge is 2.20. The molecule has 6 nitrogen and oxygen atoms in total. The number of hydrogen-bond acceptors (Lipinski definition) is 4. The number of aromatic carboxylic acids is 1. The third-order valence-electron chi connectivity index (χ3n) is 2.65. The summed E-state index contributed by atoms with van der Waals surface area (Å²) in [7, 11) is 2.98. The van der Waals surface area contributed by atoms with Gasteiger partial charge in [-0.2, -0.15) is 5.10 Å². The van der Waals surface area contributed by atoms with Crippen molar-refractivity contribution in [2.45, 2.75) is 0 Å². The topological polar surface area (TPSA) is 84.6 Å². The third kappa shape index (κ3) is 2.22. The lowest BCUT2D eigenvalue weighted by Gasteiger charge is -2.11. The van der Waals surface area contributed by atoms with Crippen molar-refractivity contribution < 1.29 is 19.7 Å². The van der Waals surface area contributed by atoms with Crippen LogP contribution in [0, 0.1) is 0 Å². The molecule has 0 amide bonds. The number of hydrogen-bond donors (Lipinski definition) is 2. The molecule has 1 aromatic heterocycles. The van der Waals surface area contributed by atoms with Crippen LogP contribution in [0.1, 0.15) is 10.5 Å². The number of carboxylic acid groups (broad SMARTS) is 1. The Morgan fingerprint density at radius 3 is 2.68 bits per heavy atom. The lowest BCUT2D eigenvalue weighted by atomic mass is 10.1. The Balaban J connectivity index is 2.71. The SMILES string of the molecule is COc1c(O)ccc(Cl)c1-c1cc(C(=O)O)nn1C. The fourth-order valence-corrected chi connectivity index (χ4v) is 2.04. The van der Waals surface area contributed by atoms with E-state index in [-0.39, 0.29) is 17.2 Å². The van der Waals surface area contributed by atoms with Crippen molar-refractivity contribution in [3.8, 4) is 22.8 Å². The fraction of sp³-hybridized carbons (Fsp3) is 0.167. The number of methoxy groups -OCH3 is 1. The van der Waals surface area contributed by atoms with Gasteiger partial charge in [-0.05, 0) is 18.2 Å². The van der Waals surface area contributed by atoms with Crippen molar-refractivity contribution >= 4 is 17.6 Å². The number of phenolic OH excluding ortho intramolecular Hbond substituents is 1. The number of nitrogens with zero attached hydrogens (tertiary/aromatic N) is 2. The van der Waals surface area contributed by atoms with Crippen LogP contribution in [0.15, 0.2) is 18.2 Å². The Bertz CT molecular complexity index is 651. The molecule has 0 saturated heterocycles. The van der Waals surface area contributed by atoms with E-state index < -0.39 is 5.97 Å². The maximum absolute atomic E-state index is 10.9. The van der Waals surface area contributed by atoms with Gasteiger partial charge in [0.25, 0.3) is 0 Å². The molecule has 2 aromatic rings. The van der Waals surface area contributed by atoms with Gasteiger partial charge in [0.15, 0.2) is 17.2 Å². The summed E-state index contributed by atoms with van der Waals surface area (Å²) >= 11 is 6.10. The lowest BCUT2D eigenvalue weighted by molar-refractivity contribution is 0.0689. The van der Waals surface area contributed by atoms with Crippen molar-refractivity contribution in [3.63, 3.8) is 0 Å². The lowest BCUT2D eigenvalue weighted by Crippen LogP contribution is -2.00. The maximum Gasteiger partial charge on any atom is 0.356 e. The van der Waals surface area contributed by atoms with Gasteiger partial charge in [-0.15, -0.1) is 0 Å². The van der Waals surface area contributed by atoms with Crippen molar-refractivity contribution in [2.75, 3.05) is 7.11 Å². The molecule has 0 aliphatic heterocycles. The summed E-state index contributed by atoms with van der Waals surface area (Å²) in [5.74, 6) is -1.05. The van der Waals surface area contributed by atoms with Gasteiger partial charge in [-0.25, -0.2) is 4.79 Å². The van der Waals surface area contributed by atoms with Crippen LogP contribution in [0.4, 0.5) is 0 Å². The molecule has 100 valence electrons. The molecular weight excluding hydrogens is 272 g/mol. The number of aromatic nitrogens is 2. The van der Waals surface area contributed by atoms with Gasteiger partial charge in [0.05, 0.1) is 23.4 Å². The standard InChI is InChI=1S/C12H11ClN2O4/c1-15-8(5-7(14-15)12(17)18)10-6(13)3-4-9(16)11(10)19-2/h3-5,16H,1-2H3,(H,17,18). The minimum absolute atomic E-state index is 0.0834. The summed E-state index contributed by atoms with van der Waals surface area (Å²) in [5.41, 5.74) is 0.723. The van der Waals surface area contributed by atoms with Crippen LogP contribution in [-0.4, -0.2) is 33.1 Å². The van der Waals surface area contributed by atoms with Gasteiger partial charge in [0.1, 0.15) is 0 Å². The Hall–Kier alpha value is -2.21. The molecule has 2 N–H and O–H groups in total. The summed E-state index contributed by atoms with van der Waals surface area (Å²) in [6.07, 6.45) is 0. The molecule has 2 rings (SSSR count). The molecule has 7 heteroatoms. The van der Waals surface area contributed by atoms with Gasteiger partial charge in [0, 0.05) is 7.05 Å². The van der Waals surface area contributed by atoms with E-state index in [0.29, 0.717) is 16.3 Å². The van der Waals surface area contributed by atoms with Crippen LogP contribution in [-0.2, 0) is 7.05 Å². The van der Waals surface area contributed by atoms with Crippen LogP contribution in [0.25, 0.3) is 11.3 Å². The molecular formula is C12H11ClN2O4. The van der Waals surface area contributed by atoms with Gasteiger partial charge in [0.2, 0.25) is 0 Å². The third-order valence-corrected chi connectivity index (χ3v) is 2.96. The van der Waals surface area contributed by atoms with E-state index >= 15 is 0 Å². The Morgan fingerprint density at radius 1 is 1.47 bits per heavy atom. The summed E-state index contributed by atoms with van der Waals surface area (Å²) in [6, 6.07) is 4.27. The molecule has 0 saturated carbocycles. The second-order valence-corrected chi connectivity index (χ2v) is 4.23. The normalized spacial score (nSPS) is 10.5. The van der Waals surface area contributed by atoms with E-state index in [1.165, 1.54) is 30.0 Å². The molecule has 19 heavy (non-hydrogen) atoms. The van der Waals surface area contributed by atoms with Gasteiger partial charge < -0.3 is 14.9 Å². The molecule has 1 aromatic carbocycles. The molecule has 0 radical (unpaired) electrons. The minimum Gasteiger partial charge on any atom is -0.504 e. The van der Waals surface area contributed by atoms with Crippen LogP contribution in [0.2, 0.25) is 5.02 Å². The quantitative estimate of drug-likeness (QED) is 0.901. The first kappa shape index (κ1) is 13.2. The highest BCUT2D eigenvalue weighted by atomic mass is 35.5. The van der Waals surface area contributed by atoms with Crippen LogP contribution < -0.4 is 4.74 Å². The van der Waals surface area contributed by atoms with Crippen molar-refractivity contribution in [3.05, 3.63) is 28.9 Å². The summed E-state index contributed by atoms with van der Waals surface area (Å²) in [6.45, 7) is 0. The Labute approximate surface area is 113 Å². The zero-order valence-corrected chi connectivity index (χ0v) is 11.0. The molecule has 0 spiro atoms. The van der Waals surface area contributed by atoms with Crippen molar-refractivity contribution in [2.24, 2.45) is 7.05 Å². The monoisotopic (exact) mass is 282 g/mol. The van der Waals surface area contributed by atoms with E-state index in [0.717, 1.165) is 0 Å². The van der Waals surface area contributed by atoms with E-state index in [4.69, 9.17) is 21.4 Å². The highest BCUT2D eigenvalue weighted by Crippen LogP contribution is 2.42. The van der Waals surface area contributed by atoms with Gasteiger partial charge in [-0.1, -0.05) is 11.6 Å². The number of ether oxygens (including phenoxy) is 1. The van der Waals surface area contributed by atoms with Crippen molar-refractivity contribution in [1.82, 2.24) is 9.78 Å². The number of halogens is 1. The zero-order chi connectivity index (χ0) is 14.2. The number of carbonyl (C=O) groups is 1. The second-order valence-electron chi connectivity index (χ2n) is 3.82. The molecule has 0 fully saturated rings. The van der Waals surface area contributed by atoms with Gasteiger partial charge >= 0.3 is 5.97 Å². The smallest absolute Gasteiger partial charge is 0.356 e. The van der Waals surface area contributed by atoms with Gasteiger partial charge in [-0.3, -0.25) is 4.68 Å². The zero-order valence-electron chi connectivity index (χ0n) is 10.2. The summed E-state index contributed by atoms with van der Waals surface area (Å²) < 4.78 is 6.48. The van der Waals surface area contributed by atoms with Crippen molar-refractivity contribution in [1.29, 1.82) is 0 Å². The van der Waals surface area contributed by atoms with E-state index in [9.17, 15) is 9.90 Å². The number of rotatable bonds is 3. The summed E-state index contributed by atoms with van der Waals surface area (Å²) in [4.78, 5) is 10.9. The second kappa shape index (κ2) is 4.81. The molecule has 0 atom stereocenters. The number of carboxylic acids is 1. The maximum atomic E-state index is 10.9. The van der Waals surface area contributed by atoms with E-state index in [1.807, 2.05) is 0 Å². The highest BCUT2D eigenvalue weighted by molar-refractivity contribution is 6.33. The average molecular weight is 283 g/mol. The fourth-order valence-electron chi connectivity index (χ4n) is 1.80. The molecule has 0 bridgehead atoms. The molecule has 0 unspecified atom stereocenters. The van der Waals surface area contributed by atoms with Crippen LogP contribution in [0.5, 0.6) is 11.5 Å². The largest absolute Gasteiger partial charge is 0.504 e. The average Bonchev–Trinajstić information content (AvgIpc) is 2.74. The number of aryl methyl sites for hydroxylation is 1. The predicted molar refractivity (Wildman–Crippen MR) is 68.8 cm³/mol. The van der Waals surface area contributed by atoms with Crippen LogP contribution in [0.3, 0.4) is 0 Å². The number of benzene rings is 1. The Kier molecular flexibility index (Phi) is 3.35. The van der Waals surface area contributed by atoms with Crippen LogP contribution >= 0.6 is 11.6 Å². The first-order valence-electron chi connectivity index (χ1n) is 5.29. The minimum atomic E-state index is -1.14. The summed E-state index contributed by atoms with van der Waals surface area (Å²) in [5, 5.41) is 22.9. The molecule has 0 aliphatic carbocycles. The number of phenols is 1. The molecule has 1 heterocycles. The first-order valence-corrected chi connectivity index (χ1v) is 5.66.